The van der Waals surface area contributed by atoms with E-state index in [1.807, 2.05) is 49.3 Å². The van der Waals surface area contributed by atoms with Crippen molar-refractivity contribution in [3.8, 4) is 0 Å². The van der Waals surface area contributed by atoms with Gasteiger partial charge in [-0.15, -0.1) is 0 Å². The van der Waals surface area contributed by atoms with Gasteiger partial charge in [-0.2, -0.15) is 0 Å². The number of carbonyl (C=O) groups is 1. The van der Waals surface area contributed by atoms with Crippen molar-refractivity contribution in [1.29, 1.82) is 0 Å². The topological polar surface area (TPSA) is 57.7 Å². The highest BCUT2D eigenvalue weighted by Crippen LogP contribution is 2.36. The quantitative estimate of drug-likeness (QED) is 0.590. The Morgan fingerprint density at radius 3 is 2.50 bits per heavy atom. The summed E-state index contributed by atoms with van der Waals surface area (Å²) in [4.78, 5) is 16.7. The largest absolute Gasteiger partial charge is 0.378 e. The van der Waals surface area contributed by atoms with E-state index in [2.05, 4.69) is 0 Å². The van der Waals surface area contributed by atoms with Crippen molar-refractivity contribution < 1.29 is 13.2 Å². The van der Waals surface area contributed by atoms with Crippen LogP contribution in [0.4, 0.5) is 5.69 Å². The highest BCUT2D eigenvalue weighted by molar-refractivity contribution is 8.26. The van der Waals surface area contributed by atoms with Crippen LogP contribution in [0.1, 0.15) is 12.0 Å². The van der Waals surface area contributed by atoms with Crippen LogP contribution in [0.25, 0.3) is 6.08 Å². The van der Waals surface area contributed by atoms with Gasteiger partial charge in [0.15, 0.2) is 9.84 Å². The number of amides is 1. The molecule has 0 aliphatic carbocycles. The SMILES string of the molecule is CN(C)c1ccc(/C=C2/SC(=S)N([C@@H]3CCS(=O)(=O)C3)C2=O)cc1. The van der Waals surface area contributed by atoms with Crippen molar-refractivity contribution in [2.45, 2.75) is 12.5 Å². The lowest BCUT2D eigenvalue weighted by Crippen LogP contribution is -2.39. The van der Waals surface area contributed by atoms with Gasteiger partial charge < -0.3 is 4.90 Å². The van der Waals surface area contributed by atoms with E-state index in [9.17, 15) is 13.2 Å². The number of hydrogen-bond donors (Lipinski definition) is 0. The van der Waals surface area contributed by atoms with Crippen molar-refractivity contribution in [3.05, 3.63) is 34.7 Å². The molecule has 2 aliphatic rings. The first-order valence-corrected chi connectivity index (χ1v) is 10.6. The molecule has 2 heterocycles. The summed E-state index contributed by atoms with van der Waals surface area (Å²) in [6.45, 7) is 0. The van der Waals surface area contributed by atoms with Crippen molar-refractivity contribution in [1.82, 2.24) is 4.90 Å². The number of carbonyl (C=O) groups excluding carboxylic acids is 1. The molecule has 5 nitrogen and oxygen atoms in total. The fraction of sp³-hybridized carbons (Fsp3) is 0.375. The Kier molecular flexibility index (Phi) is 4.72. The zero-order valence-electron chi connectivity index (χ0n) is 13.4. The molecule has 24 heavy (non-hydrogen) atoms. The molecular weight excluding hydrogens is 364 g/mol. The predicted octanol–water partition coefficient (Wildman–Crippen LogP) is 2.14. The number of nitrogens with zero attached hydrogens (tertiary/aromatic N) is 2. The van der Waals surface area contributed by atoms with Crippen LogP contribution < -0.4 is 4.90 Å². The van der Waals surface area contributed by atoms with Crippen molar-refractivity contribution in [2.75, 3.05) is 30.5 Å². The molecule has 0 unspecified atom stereocenters. The van der Waals surface area contributed by atoms with Crippen molar-refractivity contribution >= 4 is 55.8 Å². The minimum atomic E-state index is -3.06. The summed E-state index contributed by atoms with van der Waals surface area (Å²) in [6, 6.07) is 7.53. The zero-order chi connectivity index (χ0) is 17.5. The summed E-state index contributed by atoms with van der Waals surface area (Å²) in [5, 5.41) is 0. The third kappa shape index (κ3) is 3.50. The molecule has 0 spiro atoms. The smallest absolute Gasteiger partial charge is 0.266 e. The second-order valence-electron chi connectivity index (χ2n) is 6.09. The van der Waals surface area contributed by atoms with Gasteiger partial charge >= 0.3 is 0 Å². The first kappa shape index (κ1) is 17.4. The van der Waals surface area contributed by atoms with Gasteiger partial charge in [0.25, 0.3) is 5.91 Å². The third-order valence-electron chi connectivity index (χ3n) is 4.10. The molecule has 1 amide bonds. The minimum absolute atomic E-state index is 0.00422. The van der Waals surface area contributed by atoms with Gasteiger partial charge in [0.1, 0.15) is 4.32 Å². The van der Waals surface area contributed by atoms with E-state index < -0.39 is 9.84 Å². The highest BCUT2D eigenvalue weighted by Gasteiger charge is 2.42. The molecule has 0 aromatic heterocycles. The van der Waals surface area contributed by atoms with Crippen LogP contribution in [0.5, 0.6) is 0 Å². The number of hydrogen-bond acceptors (Lipinski definition) is 6. The van der Waals surface area contributed by atoms with E-state index in [0.717, 1.165) is 11.3 Å². The van der Waals surface area contributed by atoms with Crippen molar-refractivity contribution in [3.63, 3.8) is 0 Å². The molecule has 1 aromatic rings. The number of rotatable bonds is 3. The molecule has 0 bridgehead atoms. The van der Waals surface area contributed by atoms with Gasteiger partial charge in [-0.3, -0.25) is 9.69 Å². The number of sulfone groups is 1. The maximum absolute atomic E-state index is 12.6. The van der Waals surface area contributed by atoms with Gasteiger partial charge in [-0.1, -0.05) is 36.1 Å². The van der Waals surface area contributed by atoms with Gasteiger partial charge in [0.2, 0.25) is 0 Å². The van der Waals surface area contributed by atoms with E-state index >= 15 is 0 Å². The molecule has 128 valence electrons. The molecule has 1 aromatic carbocycles. The van der Waals surface area contributed by atoms with E-state index in [0.29, 0.717) is 15.6 Å². The highest BCUT2D eigenvalue weighted by atomic mass is 32.2. The first-order chi connectivity index (χ1) is 11.3. The summed E-state index contributed by atoms with van der Waals surface area (Å²) in [7, 11) is 0.880. The maximum atomic E-state index is 12.6. The van der Waals surface area contributed by atoms with Crippen LogP contribution in [-0.4, -0.2) is 55.2 Å². The number of thiocarbonyl (C=S) groups is 1. The molecule has 2 fully saturated rings. The molecule has 2 aliphatic heterocycles. The lowest BCUT2D eigenvalue weighted by Gasteiger charge is -2.20. The molecule has 8 heteroatoms. The Labute approximate surface area is 151 Å². The monoisotopic (exact) mass is 382 g/mol. The van der Waals surface area contributed by atoms with E-state index in [-0.39, 0.29) is 23.5 Å². The Balaban J connectivity index is 1.81. The second kappa shape index (κ2) is 6.50. The third-order valence-corrected chi connectivity index (χ3v) is 7.19. The van der Waals surface area contributed by atoms with Gasteiger partial charge in [0.05, 0.1) is 22.5 Å². The van der Waals surface area contributed by atoms with Crippen LogP contribution in [0.2, 0.25) is 0 Å². The lowest BCUT2D eigenvalue weighted by atomic mass is 10.1. The van der Waals surface area contributed by atoms with E-state index in [1.54, 1.807) is 0 Å². The summed E-state index contributed by atoms with van der Waals surface area (Å²) in [5.74, 6) is -0.0619. The summed E-state index contributed by atoms with van der Waals surface area (Å²) in [6.07, 6.45) is 2.27. The summed E-state index contributed by atoms with van der Waals surface area (Å²) in [5.41, 5.74) is 2.00. The molecule has 1 atom stereocenters. The molecular formula is C16H18N2O3S3. The first-order valence-electron chi connectivity index (χ1n) is 7.52. The maximum Gasteiger partial charge on any atom is 0.266 e. The number of benzene rings is 1. The van der Waals surface area contributed by atoms with Crippen LogP contribution in [0.3, 0.4) is 0 Å². The average Bonchev–Trinajstić information content (AvgIpc) is 2.99. The lowest BCUT2D eigenvalue weighted by molar-refractivity contribution is -0.123. The Bertz CT molecular complexity index is 813. The van der Waals surface area contributed by atoms with Crippen LogP contribution in [0, 0.1) is 0 Å². The molecule has 0 radical (unpaired) electrons. The summed E-state index contributed by atoms with van der Waals surface area (Å²) >= 11 is 6.54. The Morgan fingerprint density at radius 2 is 1.96 bits per heavy atom. The zero-order valence-corrected chi connectivity index (χ0v) is 15.9. The number of anilines is 1. The van der Waals surface area contributed by atoms with Crippen LogP contribution in [0.15, 0.2) is 29.2 Å². The van der Waals surface area contributed by atoms with Crippen molar-refractivity contribution in [2.24, 2.45) is 0 Å². The predicted molar refractivity (Wildman–Crippen MR) is 103 cm³/mol. The van der Waals surface area contributed by atoms with Gasteiger partial charge in [0, 0.05) is 19.8 Å². The Hall–Kier alpha value is -1.38. The number of thioether (sulfide) groups is 1. The fourth-order valence-corrected chi connectivity index (χ4v) is 5.89. The van der Waals surface area contributed by atoms with Crippen LogP contribution in [-0.2, 0) is 14.6 Å². The average molecular weight is 383 g/mol. The summed E-state index contributed by atoms with van der Waals surface area (Å²) < 4.78 is 23.8. The van der Waals surface area contributed by atoms with E-state index in [4.69, 9.17) is 12.2 Å². The fourth-order valence-electron chi connectivity index (χ4n) is 2.79. The second-order valence-corrected chi connectivity index (χ2v) is 10.00. The van der Waals surface area contributed by atoms with Crippen LogP contribution >= 0.6 is 24.0 Å². The minimum Gasteiger partial charge on any atom is -0.378 e. The standard InChI is InChI=1S/C16H18N2O3S3/c1-17(2)12-5-3-11(4-6-12)9-14-15(19)18(16(22)23-14)13-7-8-24(20,21)10-13/h3-6,9,13H,7-8,10H2,1-2H3/b14-9+/t13-/m1/s1. The molecule has 0 N–H and O–H groups in total. The molecule has 0 saturated carbocycles. The van der Waals surface area contributed by atoms with Gasteiger partial charge in [-0.05, 0) is 30.2 Å². The van der Waals surface area contributed by atoms with E-state index in [1.165, 1.54) is 16.7 Å². The van der Waals surface area contributed by atoms with Gasteiger partial charge in [-0.25, -0.2) is 8.42 Å². The normalized spacial score (nSPS) is 24.8. The molecule has 2 saturated heterocycles. The Morgan fingerprint density at radius 1 is 1.29 bits per heavy atom. The molecule has 3 rings (SSSR count).